The van der Waals surface area contributed by atoms with Gasteiger partial charge in [-0.1, -0.05) is 24.6 Å². The van der Waals surface area contributed by atoms with E-state index in [1.54, 1.807) is 19.1 Å². The zero-order valence-electron chi connectivity index (χ0n) is 7.70. The number of hydrogen-bond donors (Lipinski definition) is 1. The Bertz CT molecular complexity index is 426. The lowest BCUT2D eigenvalue weighted by Gasteiger charge is -2.08. The maximum Gasteiger partial charge on any atom is 0.178 e. The normalized spacial score (nSPS) is 11.6. The van der Waals surface area contributed by atoms with Crippen molar-refractivity contribution >= 4 is 21.4 Å². The Kier molecular flexibility index (Phi) is 3.53. The zero-order chi connectivity index (χ0) is 10.8. The van der Waals surface area contributed by atoms with Crippen LogP contribution in [0, 0.1) is 0 Å². The first-order valence-electron chi connectivity index (χ1n) is 4.14. The van der Waals surface area contributed by atoms with Crippen molar-refractivity contribution in [2.75, 3.05) is 5.75 Å². The molecule has 0 fully saturated rings. The van der Waals surface area contributed by atoms with Crippen molar-refractivity contribution in [2.45, 2.75) is 18.4 Å². The largest absolute Gasteiger partial charge is 0.392 e. The quantitative estimate of drug-likeness (QED) is 0.865. The van der Waals surface area contributed by atoms with Gasteiger partial charge in [-0.05, 0) is 12.1 Å². The molecule has 1 aromatic rings. The molecule has 0 atom stereocenters. The molecule has 78 valence electrons. The molecule has 0 aliphatic carbocycles. The van der Waals surface area contributed by atoms with Gasteiger partial charge in [-0.2, -0.15) is 0 Å². The maximum atomic E-state index is 11.6. The molecule has 0 saturated heterocycles. The van der Waals surface area contributed by atoms with E-state index in [0.29, 0.717) is 0 Å². The first kappa shape index (κ1) is 11.5. The number of sulfone groups is 1. The fraction of sp³-hybridized carbons (Fsp3) is 0.333. The van der Waals surface area contributed by atoms with Crippen LogP contribution in [0.1, 0.15) is 12.5 Å². The van der Waals surface area contributed by atoms with Gasteiger partial charge in [0, 0.05) is 10.6 Å². The van der Waals surface area contributed by atoms with Crippen molar-refractivity contribution in [1.29, 1.82) is 0 Å². The number of aliphatic hydroxyl groups is 1. The summed E-state index contributed by atoms with van der Waals surface area (Å²) in [6.07, 6.45) is 0. The van der Waals surface area contributed by atoms with Crippen LogP contribution in [0.15, 0.2) is 23.1 Å². The van der Waals surface area contributed by atoms with Crippen LogP contribution in [-0.2, 0) is 16.4 Å². The topological polar surface area (TPSA) is 54.4 Å². The molecule has 0 amide bonds. The molecule has 0 spiro atoms. The summed E-state index contributed by atoms with van der Waals surface area (Å²) in [5.74, 6) is 0.000340. The van der Waals surface area contributed by atoms with E-state index >= 15 is 0 Å². The lowest BCUT2D eigenvalue weighted by molar-refractivity contribution is 0.278. The minimum Gasteiger partial charge on any atom is -0.392 e. The van der Waals surface area contributed by atoms with Crippen LogP contribution >= 0.6 is 11.6 Å². The Balaban J connectivity index is 3.42. The molecule has 0 unspecified atom stereocenters. The van der Waals surface area contributed by atoms with Crippen LogP contribution in [0.5, 0.6) is 0 Å². The van der Waals surface area contributed by atoms with Gasteiger partial charge in [-0.25, -0.2) is 8.42 Å². The smallest absolute Gasteiger partial charge is 0.178 e. The molecule has 0 bridgehead atoms. The zero-order valence-corrected chi connectivity index (χ0v) is 9.27. The van der Waals surface area contributed by atoms with Crippen molar-refractivity contribution < 1.29 is 13.5 Å². The molecular weight excluding hydrogens is 224 g/mol. The molecule has 1 N–H and O–H groups in total. The highest BCUT2D eigenvalue weighted by atomic mass is 35.5. The van der Waals surface area contributed by atoms with Crippen LogP contribution in [0.25, 0.3) is 0 Å². The SMILES string of the molecule is CCS(=O)(=O)c1cccc(Cl)c1CO. The molecule has 0 saturated carbocycles. The number of aliphatic hydroxyl groups excluding tert-OH is 1. The predicted molar refractivity (Wildman–Crippen MR) is 55.1 cm³/mol. The van der Waals surface area contributed by atoms with Gasteiger partial charge in [0.2, 0.25) is 0 Å². The molecule has 0 aliphatic rings. The standard InChI is InChI=1S/C9H11ClO3S/c1-2-14(12,13)9-5-3-4-8(10)7(9)6-11/h3-5,11H,2,6H2,1H3. The summed E-state index contributed by atoms with van der Waals surface area (Å²) in [4.78, 5) is 0.120. The molecule has 5 heteroatoms. The van der Waals surface area contributed by atoms with Gasteiger partial charge in [0.25, 0.3) is 0 Å². The first-order valence-corrected chi connectivity index (χ1v) is 6.17. The number of halogens is 1. The van der Waals surface area contributed by atoms with E-state index in [2.05, 4.69) is 0 Å². The van der Waals surface area contributed by atoms with Crippen LogP contribution in [-0.4, -0.2) is 19.3 Å². The van der Waals surface area contributed by atoms with E-state index in [9.17, 15) is 8.42 Å². The molecule has 14 heavy (non-hydrogen) atoms. The summed E-state index contributed by atoms with van der Waals surface area (Å²) < 4.78 is 23.1. The first-order chi connectivity index (χ1) is 6.53. The Morgan fingerprint density at radius 2 is 2.07 bits per heavy atom. The second-order valence-electron chi connectivity index (χ2n) is 2.78. The van der Waals surface area contributed by atoms with Crippen molar-refractivity contribution in [3.05, 3.63) is 28.8 Å². The summed E-state index contributed by atoms with van der Waals surface area (Å²) in [5, 5.41) is 9.29. The molecule has 1 rings (SSSR count). The average molecular weight is 235 g/mol. The van der Waals surface area contributed by atoms with E-state index in [0.717, 1.165) is 0 Å². The van der Waals surface area contributed by atoms with E-state index in [-0.39, 0.29) is 27.8 Å². The summed E-state index contributed by atoms with van der Waals surface area (Å²) >= 11 is 5.77. The van der Waals surface area contributed by atoms with Crippen molar-refractivity contribution in [3.63, 3.8) is 0 Å². The van der Waals surface area contributed by atoms with Crippen LogP contribution in [0.3, 0.4) is 0 Å². The Morgan fingerprint density at radius 3 is 2.57 bits per heavy atom. The minimum atomic E-state index is -3.31. The molecule has 0 aliphatic heterocycles. The summed E-state index contributed by atoms with van der Waals surface area (Å²) in [6, 6.07) is 4.57. The summed E-state index contributed by atoms with van der Waals surface area (Å²) in [5.41, 5.74) is 0.274. The monoisotopic (exact) mass is 234 g/mol. The molecular formula is C9H11ClO3S. The van der Waals surface area contributed by atoms with E-state index in [1.165, 1.54) is 6.07 Å². The van der Waals surface area contributed by atoms with E-state index in [4.69, 9.17) is 16.7 Å². The van der Waals surface area contributed by atoms with Crippen molar-refractivity contribution in [2.24, 2.45) is 0 Å². The predicted octanol–water partition coefficient (Wildman–Crippen LogP) is 1.63. The summed E-state index contributed by atoms with van der Waals surface area (Å²) in [7, 11) is -3.31. The Labute approximate surface area is 88.2 Å². The van der Waals surface area contributed by atoms with Crippen LogP contribution in [0.4, 0.5) is 0 Å². The molecule has 3 nitrogen and oxygen atoms in total. The fourth-order valence-electron chi connectivity index (χ4n) is 1.14. The average Bonchev–Trinajstić information content (AvgIpc) is 2.17. The van der Waals surface area contributed by atoms with Gasteiger partial charge in [-0.15, -0.1) is 0 Å². The van der Waals surface area contributed by atoms with Crippen LogP contribution < -0.4 is 0 Å². The van der Waals surface area contributed by atoms with Gasteiger partial charge in [0.05, 0.1) is 17.3 Å². The molecule has 0 radical (unpaired) electrons. The second-order valence-corrected chi connectivity index (χ2v) is 5.43. The molecule has 0 heterocycles. The molecule has 0 aromatic heterocycles. The van der Waals surface area contributed by atoms with Crippen molar-refractivity contribution in [1.82, 2.24) is 0 Å². The number of hydrogen-bond acceptors (Lipinski definition) is 3. The van der Waals surface area contributed by atoms with E-state index < -0.39 is 9.84 Å². The highest BCUT2D eigenvalue weighted by Crippen LogP contribution is 2.24. The Morgan fingerprint density at radius 1 is 1.43 bits per heavy atom. The molecule has 1 aromatic carbocycles. The van der Waals surface area contributed by atoms with Gasteiger partial charge < -0.3 is 5.11 Å². The Hall–Kier alpha value is -0.580. The highest BCUT2D eigenvalue weighted by Gasteiger charge is 2.17. The number of benzene rings is 1. The number of rotatable bonds is 3. The minimum absolute atomic E-state index is 0.000340. The van der Waals surface area contributed by atoms with E-state index in [1.807, 2.05) is 0 Å². The van der Waals surface area contributed by atoms with Gasteiger partial charge in [0.1, 0.15) is 0 Å². The maximum absolute atomic E-state index is 11.6. The van der Waals surface area contributed by atoms with Crippen LogP contribution in [0.2, 0.25) is 5.02 Å². The second kappa shape index (κ2) is 4.29. The van der Waals surface area contributed by atoms with Gasteiger partial charge in [0.15, 0.2) is 9.84 Å². The highest BCUT2D eigenvalue weighted by molar-refractivity contribution is 7.91. The summed E-state index contributed by atoms with van der Waals surface area (Å²) in [6.45, 7) is 1.19. The third kappa shape index (κ3) is 2.08. The third-order valence-corrected chi connectivity index (χ3v) is 4.12. The van der Waals surface area contributed by atoms with Gasteiger partial charge >= 0.3 is 0 Å². The third-order valence-electron chi connectivity index (χ3n) is 1.95. The van der Waals surface area contributed by atoms with Crippen molar-refractivity contribution in [3.8, 4) is 0 Å². The fourth-order valence-corrected chi connectivity index (χ4v) is 2.58. The lowest BCUT2D eigenvalue weighted by atomic mass is 10.2. The van der Waals surface area contributed by atoms with Gasteiger partial charge in [-0.3, -0.25) is 0 Å². The lowest BCUT2D eigenvalue weighted by Crippen LogP contribution is -2.07.